The smallest absolute Gasteiger partial charge is 0.0129 e. The van der Waals surface area contributed by atoms with Crippen molar-refractivity contribution in [3.8, 4) is 0 Å². The Morgan fingerprint density at radius 2 is 1.26 bits per heavy atom. The third-order valence-electron chi connectivity index (χ3n) is 6.22. The van der Waals surface area contributed by atoms with Crippen molar-refractivity contribution in [1.29, 1.82) is 0 Å². The van der Waals surface area contributed by atoms with E-state index in [2.05, 4.69) is 53.3 Å². The monoisotopic (exact) mass is 284 g/mol. The minimum Gasteiger partial charge on any atom is -0.152 e. The lowest BCUT2D eigenvalue weighted by molar-refractivity contribution is 0.127. The van der Waals surface area contributed by atoms with Crippen LogP contribution >= 0.6 is 11.8 Å². The Balaban J connectivity index is 2.49. The molecule has 114 valence electrons. The summed E-state index contributed by atoms with van der Waals surface area (Å²) in [4.78, 5) is 0. The van der Waals surface area contributed by atoms with E-state index in [-0.39, 0.29) is 0 Å². The molecular formula is C18H36S. The van der Waals surface area contributed by atoms with Crippen molar-refractivity contribution in [2.24, 2.45) is 11.3 Å². The van der Waals surface area contributed by atoms with Gasteiger partial charge in [0.05, 0.1) is 0 Å². The van der Waals surface area contributed by atoms with Gasteiger partial charge in [-0.1, -0.05) is 54.4 Å². The summed E-state index contributed by atoms with van der Waals surface area (Å²) < 4.78 is 0.524. The quantitative estimate of drug-likeness (QED) is 0.502. The van der Waals surface area contributed by atoms with Gasteiger partial charge >= 0.3 is 0 Å². The van der Waals surface area contributed by atoms with E-state index >= 15 is 0 Å². The summed E-state index contributed by atoms with van der Waals surface area (Å²) in [5, 5.41) is 0.930. The van der Waals surface area contributed by atoms with Crippen LogP contribution < -0.4 is 0 Å². The molecule has 0 aromatic carbocycles. The van der Waals surface area contributed by atoms with Gasteiger partial charge < -0.3 is 0 Å². The highest BCUT2D eigenvalue weighted by atomic mass is 32.2. The topological polar surface area (TPSA) is 0 Å². The molecule has 0 heterocycles. The maximum Gasteiger partial charge on any atom is 0.0129 e. The van der Waals surface area contributed by atoms with Crippen LogP contribution in [0.4, 0.5) is 0 Å². The van der Waals surface area contributed by atoms with Gasteiger partial charge in [0, 0.05) is 10.00 Å². The van der Waals surface area contributed by atoms with Crippen LogP contribution in [0.2, 0.25) is 0 Å². The zero-order valence-corrected chi connectivity index (χ0v) is 15.0. The van der Waals surface area contributed by atoms with Gasteiger partial charge in [0.25, 0.3) is 0 Å². The van der Waals surface area contributed by atoms with Gasteiger partial charge in [0.15, 0.2) is 0 Å². The summed E-state index contributed by atoms with van der Waals surface area (Å²) in [5.74, 6) is 0.980. The summed E-state index contributed by atoms with van der Waals surface area (Å²) in [5.41, 5.74) is 0.606. The maximum absolute atomic E-state index is 2.52. The van der Waals surface area contributed by atoms with Crippen molar-refractivity contribution < 1.29 is 0 Å². The highest BCUT2D eigenvalue weighted by Gasteiger charge is 2.35. The number of hydrogen-bond donors (Lipinski definition) is 0. The minimum absolute atomic E-state index is 0.524. The second-order valence-corrected chi connectivity index (χ2v) is 9.00. The molecule has 0 radical (unpaired) electrons. The first kappa shape index (κ1) is 17.4. The lowest BCUT2D eigenvalue weighted by Crippen LogP contribution is -2.32. The highest BCUT2D eigenvalue weighted by Crippen LogP contribution is 2.47. The summed E-state index contributed by atoms with van der Waals surface area (Å²) >= 11 is 2.30. The van der Waals surface area contributed by atoms with Crippen molar-refractivity contribution in [2.75, 3.05) is 0 Å². The fourth-order valence-corrected chi connectivity index (χ4v) is 5.17. The van der Waals surface area contributed by atoms with Crippen LogP contribution in [-0.4, -0.2) is 10.00 Å². The molecule has 0 aliphatic heterocycles. The normalized spacial score (nSPS) is 25.6. The Labute approximate surface area is 126 Å². The average Bonchev–Trinajstić information content (AvgIpc) is 2.47. The molecule has 0 aromatic rings. The van der Waals surface area contributed by atoms with Crippen LogP contribution in [0.25, 0.3) is 0 Å². The molecule has 0 unspecified atom stereocenters. The SMILES string of the molecule is CCC(C)(CC)SC1CCC(C(C)(CC)CC)CC1. The summed E-state index contributed by atoms with van der Waals surface area (Å²) in [6.45, 7) is 14.5. The minimum atomic E-state index is 0.524. The standard InChI is InChI=1S/C18H36S/c1-7-17(5,8-2)15-11-13-16(14-12-15)19-18(6,9-3)10-4/h15-16H,7-14H2,1-6H3. The van der Waals surface area contributed by atoms with Crippen molar-refractivity contribution >= 4 is 11.8 Å². The summed E-state index contributed by atoms with van der Waals surface area (Å²) in [7, 11) is 0. The van der Waals surface area contributed by atoms with E-state index in [0.29, 0.717) is 10.2 Å². The van der Waals surface area contributed by atoms with E-state index in [1.54, 1.807) is 0 Å². The molecule has 0 N–H and O–H groups in total. The van der Waals surface area contributed by atoms with Crippen molar-refractivity contribution in [3.05, 3.63) is 0 Å². The van der Waals surface area contributed by atoms with Crippen LogP contribution in [0.5, 0.6) is 0 Å². The van der Waals surface area contributed by atoms with Crippen LogP contribution in [0.1, 0.15) is 92.9 Å². The number of rotatable bonds is 7. The molecule has 1 fully saturated rings. The fraction of sp³-hybridized carbons (Fsp3) is 1.00. The molecule has 0 nitrogen and oxygen atoms in total. The Kier molecular flexibility index (Phi) is 6.76. The maximum atomic E-state index is 2.52. The Hall–Kier alpha value is 0.350. The molecule has 0 saturated heterocycles. The van der Waals surface area contributed by atoms with Crippen molar-refractivity contribution in [3.63, 3.8) is 0 Å². The molecule has 0 atom stereocenters. The number of hydrogen-bond acceptors (Lipinski definition) is 1. The Morgan fingerprint density at radius 1 is 0.789 bits per heavy atom. The van der Waals surface area contributed by atoms with Crippen LogP contribution in [0.15, 0.2) is 0 Å². The molecule has 1 aliphatic rings. The van der Waals surface area contributed by atoms with Crippen molar-refractivity contribution in [1.82, 2.24) is 0 Å². The van der Waals surface area contributed by atoms with Gasteiger partial charge in [0.1, 0.15) is 0 Å². The molecular weight excluding hydrogens is 248 g/mol. The van der Waals surface area contributed by atoms with E-state index in [1.165, 1.54) is 51.4 Å². The van der Waals surface area contributed by atoms with E-state index in [9.17, 15) is 0 Å². The van der Waals surface area contributed by atoms with Gasteiger partial charge in [-0.2, -0.15) is 11.8 Å². The van der Waals surface area contributed by atoms with E-state index in [0.717, 1.165) is 11.2 Å². The van der Waals surface area contributed by atoms with Gasteiger partial charge in [-0.05, 0) is 49.9 Å². The van der Waals surface area contributed by atoms with Gasteiger partial charge in [0.2, 0.25) is 0 Å². The second-order valence-electron chi connectivity index (χ2n) is 7.11. The van der Waals surface area contributed by atoms with Crippen LogP contribution in [-0.2, 0) is 0 Å². The molecule has 1 saturated carbocycles. The highest BCUT2D eigenvalue weighted by molar-refractivity contribution is 8.01. The van der Waals surface area contributed by atoms with Gasteiger partial charge in [-0.25, -0.2) is 0 Å². The summed E-state index contributed by atoms with van der Waals surface area (Å²) in [6, 6.07) is 0. The molecule has 0 amide bonds. The largest absolute Gasteiger partial charge is 0.152 e. The Morgan fingerprint density at radius 3 is 1.63 bits per heavy atom. The molecule has 0 spiro atoms. The molecule has 1 heteroatoms. The average molecular weight is 285 g/mol. The Bertz CT molecular complexity index is 242. The van der Waals surface area contributed by atoms with Gasteiger partial charge in [-0.15, -0.1) is 0 Å². The first-order chi connectivity index (χ1) is 8.93. The zero-order valence-electron chi connectivity index (χ0n) is 14.2. The predicted molar refractivity (Wildman–Crippen MR) is 91.0 cm³/mol. The lowest BCUT2D eigenvalue weighted by atomic mass is 9.67. The van der Waals surface area contributed by atoms with Crippen molar-refractivity contribution in [2.45, 2.75) is 103 Å². The first-order valence-electron chi connectivity index (χ1n) is 8.60. The zero-order chi connectivity index (χ0) is 14.5. The molecule has 19 heavy (non-hydrogen) atoms. The second kappa shape index (κ2) is 7.38. The first-order valence-corrected chi connectivity index (χ1v) is 9.48. The predicted octanol–water partition coefficient (Wildman–Crippen LogP) is 6.68. The third kappa shape index (κ3) is 4.41. The van der Waals surface area contributed by atoms with E-state index in [4.69, 9.17) is 0 Å². The lowest BCUT2D eigenvalue weighted by Gasteiger charge is -2.42. The molecule has 0 bridgehead atoms. The number of thioether (sulfide) groups is 1. The fourth-order valence-electron chi connectivity index (χ4n) is 3.52. The molecule has 1 rings (SSSR count). The molecule has 0 aromatic heterocycles. The third-order valence-corrected chi connectivity index (χ3v) is 8.17. The van der Waals surface area contributed by atoms with Crippen LogP contribution in [0.3, 0.4) is 0 Å². The van der Waals surface area contributed by atoms with E-state index in [1.807, 2.05) is 0 Å². The summed E-state index contributed by atoms with van der Waals surface area (Å²) in [6.07, 6.45) is 11.2. The van der Waals surface area contributed by atoms with E-state index < -0.39 is 0 Å². The van der Waals surface area contributed by atoms with Crippen LogP contribution in [0, 0.1) is 11.3 Å². The van der Waals surface area contributed by atoms with Gasteiger partial charge in [-0.3, -0.25) is 0 Å². The molecule has 1 aliphatic carbocycles.